The normalized spacial score (nSPS) is 10.8. The number of likely N-dealkylation sites (N-methyl/N-ethyl adjacent to an activating group) is 1. The number of amides is 1. The molecule has 0 saturated heterocycles. The molecule has 5 heteroatoms. The van der Waals surface area contributed by atoms with Crippen molar-refractivity contribution in [3.05, 3.63) is 28.5 Å². The molecular formula is C14H22ClN3O. The summed E-state index contributed by atoms with van der Waals surface area (Å²) in [5.41, 5.74) is 1.30. The van der Waals surface area contributed by atoms with E-state index in [9.17, 15) is 4.79 Å². The van der Waals surface area contributed by atoms with Crippen LogP contribution in [-0.2, 0) is 0 Å². The number of aromatic nitrogens is 1. The average molecular weight is 284 g/mol. The first kappa shape index (κ1) is 15.9. The van der Waals surface area contributed by atoms with E-state index < -0.39 is 0 Å². The maximum Gasteiger partial charge on any atom is 0.256 e. The number of carbonyl (C=O) groups excluding carboxylic acids is 1. The van der Waals surface area contributed by atoms with Gasteiger partial charge in [-0.3, -0.25) is 9.78 Å². The molecule has 1 heterocycles. The molecule has 0 unspecified atom stereocenters. The lowest BCUT2D eigenvalue weighted by atomic mass is 10.2. The number of pyridine rings is 1. The number of nitrogens with zero attached hydrogens (tertiary/aromatic N) is 3. The van der Waals surface area contributed by atoms with Crippen LogP contribution < -0.4 is 0 Å². The van der Waals surface area contributed by atoms with Gasteiger partial charge in [-0.15, -0.1) is 0 Å². The number of hydrogen-bond donors (Lipinski definition) is 0. The Bertz CT molecular complexity index is 435. The van der Waals surface area contributed by atoms with E-state index in [1.54, 1.807) is 12.3 Å². The Labute approximate surface area is 120 Å². The first-order valence-corrected chi connectivity index (χ1v) is 6.89. The highest BCUT2D eigenvalue weighted by molar-refractivity contribution is 6.33. The summed E-state index contributed by atoms with van der Waals surface area (Å²) in [5, 5.41) is 0.475. The standard InChI is InChI=1S/C14H22ClN3O/c1-5-6-18(8-7-17(3)4)14(19)12-10-16-11(2)9-13(12)15/h9-10H,5-8H2,1-4H3. The Morgan fingerprint density at radius 2 is 2.00 bits per heavy atom. The lowest BCUT2D eigenvalue weighted by Gasteiger charge is -2.24. The zero-order valence-corrected chi connectivity index (χ0v) is 12.9. The Kier molecular flexibility index (Phi) is 6.25. The minimum absolute atomic E-state index is 0.0406. The highest BCUT2D eigenvalue weighted by Gasteiger charge is 2.18. The Balaban J connectivity index is 2.85. The SMILES string of the molecule is CCCN(CCN(C)C)C(=O)c1cnc(C)cc1Cl. The third-order valence-corrected chi connectivity index (χ3v) is 3.13. The van der Waals surface area contributed by atoms with Crippen LogP contribution in [0.5, 0.6) is 0 Å². The monoisotopic (exact) mass is 283 g/mol. The predicted octanol–water partition coefficient (Wildman–Crippen LogP) is 2.46. The summed E-state index contributed by atoms with van der Waals surface area (Å²) < 4.78 is 0. The first-order valence-electron chi connectivity index (χ1n) is 6.51. The summed E-state index contributed by atoms with van der Waals surface area (Å²) in [7, 11) is 3.99. The summed E-state index contributed by atoms with van der Waals surface area (Å²) in [5.74, 6) is -0.0406. The minimum atomic E-state index is -0.0406. The molecule has 1 aromatic rings. The molecule has 4 nitrogen and oxygen atoms in total. The van der Waals surface area contributed by atoms with Gasteiger partial charge in [0, 0.05) is 31.5 Å². The third kappa shape index (κ3) is 4.80. The molecule has 0 aliphatic rings. The maximum absolute atomic E-state index is 12.5. The number of aryl methyl sites for hydroxylation is 1. The highest BCUT2D eigenvalue weighted by Crippen LogP contribution is 2.17. The number of halogens is 1. The topological polar surface area (TPSA) is 36.4 Å². The van der Waals surface area contributed by atoms with Gasteiger partial charge in [-0.25, -0.2) is 0 Å². The fourth-order valence-electron chi connectivity index (χ4n) is 1.76. The van der Waals surface area contributed by atoms with Crippen molar-refractivity contribution in [2.24, 2.45) is 0 Å². The van der Waals surface area contributed by atoms with Crippen LogP contribution in [0.1, 0.15) is 29.4 Å². The van der Waals surface area contributed by atoms with Gasteiger partial charge in [0.05, 0.1) is 10.6 Å². The van der Waals surface area contributed by atoms with Crippen LogP contribution in [-0.4, -0.2) is 54.4 Å². The Morgan fingerprint density at radius 3 is 2.53 bits per heavy atom. The summed E-state index contributed by atoms with van der Waals surface area (Å²) in [4.78, 5) is 20.5. The van der Waals surface area contributed by atoms with Crippen molar-refractivity contribution < 1.29 is 4.79 Å². The smallest absolute Gasteiger partial charge is 0.256 e. The molecule has 0 fully saturated rings. The fraction of sp³-hybridized carbons (Fsp3) is 0.571. The first-order chi connectivity index (χ1) is 8.95. The van der Waals surface area contributed by atoms with Gasteiger partial charge in [-0.1, -0.05) is 18.5 Å². The molecule has 1 rings (SSSR count). The van der Waals surface area contributed by atoms with Gasteiger partial charge in [-0.2, -0.15) is 0 Å². The van der Waals surface area contributed by atoms with E-state index >= 15 is 0 Å². The number of hydrogen-bond acceptors (Lipinski definition) is 3. The van der Waals surface area contributed by atoms with E-state index in [0.717, 1.165) is 25.2 Å². The van der Waals surface area contributed by atoms with Gasteiger partial charge in [0.25, 0.3) is 5.91 Å². The lowest BCUT2D eigenvalue weighted by molar-refractivity contribution is 0.0744. The molecular weight excluding hydrogens is 262 g/mol. The second kappa shape index (κ2) is 7.46. The number of rotatable bonds is 6. The van der Waals surface area contributed by atoms with Gasteiger partial charge < -0.3 is 9.80 Å². The predicted molar refractivity (Wildman–Crippen MR) is 78.7 cm³/mol. The van der Waals surface area contributed by atoms with Crippen LogP contribution in [0.2, 0.25) is 5.02 Å². The minimum Gasteiger partial charge on any atom is -0.337 e. The average Bonchev–Trinajstić information content (AvgIpc) is 2.33. The summed E-state index contributed by atoms with van der Waals surface area (Å²) >= 11 is 6.13. The van der Waals surface area contributed by atoms with Crippen LogP contribution >= 0.6 is 11.6 Å². The van der Waals surface area contributed by atoms with E-state index in [2.05, 4.69) is 16.8 Å². The van der Waals surface area contributed by atoms with Gasteiger partial charge in [0.2, 0.25) is 0 Å². The molecule has 19 heavy (non-hydrogen) atoms. The van der Waals surface area contributed by atoms with Crippen LogP contribution in [0.25, 0.3) is 0 Å². The fourth-order valence-corrected chi connectivity index (χ4v) is 2.05. The van der Waals surface area contributed by atoms with Crippen molar-refractivity contribution >= 4 is 17.5 Å². The van der Waals surface area contributed by atoms with E-state index in [-0.39, 0.29) is 5.91 Å². The zero-order valence-electron chi connectivity index (χ0n) is 12.1. The molecule has 0 spiro atoms. The molecule has 1 amide bonds. The van der Waals surface area contributed by atoms with Crippen LogP contribution in [0, 0.1) is 6.92 Å². The van der Waals surface area contributed by atoms with Crippen molar-refractivity contribution in [3.8, 4) is 0 Å². The maximum atomic E-state index is 12.5. The highest BCUT2D eigenvalue weighted by atomic mass is 35.5. The van der Waals surface area contributed by atoms with E-state index in [4.69, 9.17) is 11.6 Å². The number of carbonyl (C=O) groups is 1. The van der Waals surface area contributed by atoms with Gasteiger partial charge in [0.1, 0.15) is 0 Å². The molecule has 0 N–H and O–H groups in total. The summed E-state index contributed by atoms with van der Waals surface area (Å²) in [6.45, 7) is 6.18. The van der Waals surface area contributed by atoms with E-state index in [0.29, 0.717) is 17.1 Å². The Morgan fingerprint density at radius 1 is 1.32 bits per heavy atom. The molecule has 0 bridgehead atoms. The Hall–Kier alpha value is -1.13. The second-order valence-electron chi connectivity index (χ2n) is 4.90. The largest absolute Gasteiger partial charge is 0.337 e. The van der Waals surface area contributed by atoms with E-state index in [1.165, 1.54) is 0 Å². The molecule has 0 aromatic carbocycles. The van der Waals surface area contributed by atoms with Crippen LogP contribution in [0.3, 0.4) is 0 Å². The second-order valence-corrected chi connectivity index (χ2v) is 5.31. The molecule has 0 atom stereocenters. The molecule has 0 aliphatic heterocycles. The molecule has 0 radical (unpaired) electrons. The van der Waals surface area contributed by atoms with Gasteiger partial charge in [0.15, 0.2) is 0 Å². The third-order valence-electron chi connectivity index (χ3n) is 2.82. The van der Waals surface area contributed by atoms with Crippen molar-refractivity contribution in [1.29, 1.82) is 0 Å². The van der Waals surface area contributed by atoms with Crippen molar-refractivity contribution in [2.75, 3.05) is 33.7 Å². The van der Waals surface area contributed by atoms with Gasteiger partial charge >= 0.3 is 0 Å². The van der Waals surface area contributed by atoms with Crippen LogP contribution in [0.4, 0.5) is 0 Å². The van der Waals surface area contributed by atoms with E-state index in [1.807, 2.05) is 25.9 Å². The molecule has 106 valence electrons. The van der Waals surface area contributed by atoms with Crippen molar-refractivity contribution in [2.45, 2.75) is 20.3 Å². The zero-order chi connectivity index (χ0) is 14.4. The molecule has 0 aliphatic carbocycles. The summed E-state index contributed by atoms with van der Waals surface area (Å²) in [6.07, 6.45) is 2.49. The summed E-state index contributed by atoms with van der Waals surface area (Å²) in [6, 6.07) is 1.73. The van der Waals surface area contributed by atoms with Gasteiger partial charge in [-0.05, 0) is 33.5 Å². The van der Waals surface area contributed by atoms with Crippen molar-refractivity contribution in [1.82, 2.24) is 14.8 Å². The van der Waals surface area contributed by atoms with Crippen molar-refractivity contribution in [3.63, 3.8) is 0 Å². The lowest BCUT2D eigenvalue weighted by Crippen LogP contribution is -2.37. The quantitative estimate of drug-likeness (QED) is 0.805. The molecule has 1 aromatic heterocycles. The molecule has 0 saturated carbocycles. The van der Waals surface area contributed by atoms with Crippen LogP contribution in [0.15, 0.2) is 12.3 Å².